The molecule has 9 heteroatoms. The molecule has 1 aliphatic heterocycles. The number of benzene rings is 1. The fourth-order valence-electron chi connectivity index (χ4n) is 3.42. The highest BCUT2D eigenvalue weighted by molar-refractivity contribution is 5.85. The Bertz CT molecular complexity index is 1110. The quantitative estimate of drug-likeness (QED) is 0.657. The van der Waals surface area contributed by atoms with E-state index in [9.17, 15) is 13.2 Å². The molecule has 0 atom stereocenters. The maximum absolute atomic E-state index is 14.9. The van der Waals surface area contributed by atoms with Crippen molar-refractivity contribution in [2.75, 3.05) is 12.3 Å². The minimum Gasteiger partial charge on any atom is -0.367 e. The third-order valence-corrected chi connectivity index (χ3v) is 4.45. The van der Waals surface area contributed by atoms with Crippen LogP contribution in [0.3, 0.4) is 0 Å². The van der Waals surface area contributed by atoms with Crippen LogP contribution in [0.4, 0.5) is 30.5 Å². The SMILES string of the molecule is CC(C)(C)Cc1nc(N)nn2cc(F)c(-c3ccc4c(c3)[N+](CC(F)F)=N4)c12. The summed E-state index contributed by atoms with van der Waals surface area (Å²) >= 11 is 0. The van der Waals surface area contributed by atoms with Crippen LogP contribution in [-0.4, -0.2) is 32.3 Å². The summed E-state index contributed by atoms with van der Waals surface area (Å²) in [4.78, 5) is 4.35. The molecule has 1 aliphatic rings. The Hall–Kier alpha value is -2.97. The first kappa shape index (κ1) is 18.4. The third kappa shape index (κ3) is 3.21. The molecule has 146 valence electrons. The number of hydrogen-bond acceptors (Lipinski definition) is 4. The third-order valence-electron chi connectivity index (χ3n) is 4.45. The van der Waals surface area contributed by atoms with Gasteiger partial charge in [-0.3, -0.25) is 0 Å². The van der Waals surface area contributed by atoms with Gasteiger partial charge in [-0.15, -0.1) is 5.10 Å². The van der Waals surface area contributed by atoms with Gasteiger partial charge in [0, 0.05) is 16.7 Å². The van der Waals surface area contributed by atoms with Crippen molar-refractivity contribution in [1.82, 2.24) is 14.6 Å². The van der Waals surface area contributed by atoms with Crippen LogP contribution in [0.2, 0.25) is 0 Å². The Labute approximate surface area is 159 Å². The molecule has 2 aromatic heterocycles. The van der Waals surface area contributed by atoms with E-state index in [0.717, 1.165) is 0 Å². The van der Waals surface area contributed by atoms with E-state index >= 15 is 0 Å². The van der Waals surface area contributed by atoms with Crippen molar-refractivity contribution in [3.63, 3.8) is 0 Å². The molecule has 0 radical (unpaired) electrons. The molecule has 0 unspecified atom stereocenters. The Balaban J connectivity index is 1.87. The van der Waals surface area contributed by atoms with Crippen LogP contribution in [0, 0.1) is 11.2 Å². The van der Waals surface area contributed by atoms with Gasteiger partial charge in [0.2, 0.25) is 18.2 Å². The van der Waals surface area contributed by atoms with Gasteiger partial charge in [0.15, 0.2) is 5.82 Å². The van der Waals surface area contributed by atoms with Gasteiger partial charge in [-0.25, -0.2) is 22.7 Å². The summed E-state index contributed by atoms with van der Waals surface area (Å²) in [5.74, 6) is -0.418. The second-order valence-electron chi connectivity index (χ2n) is 8.08. The lowest BCUT2D eigenvalue weighted by molar-refractivity contribution is -0.536. The number of halogens is 3. The first-order chi connectivity index (χ1) is 13.1. The number of azo groups is 2. The van der Waals surface area contributed by atoms with Gasteiger partial charge in [-0.1, -0.05) is 31.5 Å². The van der Waals surface area contributed by atoms with E-state index in [1.165, 1.54) is 15.4 Å². The molecule has 0 amide bonds. The van der Waals surface area contributed by atoms with Crippen molar-refractivity contribution in [2.45, 2.75) is 33.6 Å². The highest BCUT2D eigenvalue weighted by atomic mass is 19.3. The molecule has 2 N–H and O–H groups in total. The number of aromatic nitrogens is 3. The Morgan fingerprint density at radius 3 is 2.68 bits per heavy atom. The number of anilines is 1. The van der Waals surface area contributed by atoms with E-state index in [1.54, 1.807) is 18.2 Å². The van der Waals surface area contributed by atoms with Crippen LogP contribution in [0.1, 0.15) is 26.5 Å². The lowest BCUT2D eigenvalue weighted by Gasteiger charge is -2.18. The van der Waals surface area contributed by atoms with E-state index in [-0.39, 0.29) is 11.4 Å². The summed E-state index contributed by atoms with van der Waals surface area (Å²) in [6, 6.07) is 5.08. The number of nitrogens with zero attached hydrogens (tertiary/aromatic N) is 5. The van der Waals surface area contributed by atoms with E-state index in [2.05, 4.69) is 36.0 Å². The topological polar surface area (TPSA) is 71.6 Å². The predicted molar refractivity (Wildman–Crippen MR) is 98.8 cm³/mol. The van der Waals surface area contributed by atoms with Crippen molar-refractivity contribution in [3.05, 3.63) is 35.9 Å². The number of alkyl halides is 2. The van der Waals surface area contributed by atoms with Gasteiger partial charge in [0.1, 0.15) is 0 Å². The predicted octanol–water partition coefficient (Wildman–Crippen LogP) is 4.71. The van der Waals surface area contributed by atoms with E-state index in [1.807, 2.05) is 0 Å². The molecule has 6 nitrogen and oxygen atoms in total. The minimum absolute atomic E-state index is 0.0624. The van der Waals surface area contributed by atoms with Crippen LogP contribution in [0.5, 0.6) is 0 Å². The van der Waals surface area contributed by atoms with Crippen LogP contribution in [-0.2, 0) is 6.42 Å². The molecule has 4 rings (SSSR count). The molecule has 3 aromatic rings. The molecule has 28 heavy (non-hydrogen) atoms. The van der Waals surface area contributed by atoms with E-state index in [4.69, 9.17) is 5.73 Å². The Morgan fingerprint density at radius 2 is 2.00 bits per heavy atom. The van der Waals surface area contributed by atoms with Crippen molar-refractivity contribution < 1.29 is 17.9 Å². The zero-order chi connectivity index (χ0) is 20.2. The molecule has 0 saturated heterocycles. The number of nitrogen functional groups attached to an aromatic ring is 1. The molecule has 0 bridgehead atoms. The van der Waals surface area contributed by atoms with Crippen LogP contribution in [0.15, 0.2) is 29.5 Å². The fraction of sp³-hybridized carbons (Fsp3) is 0.368. The van der Waals surface area contributed by atoms with Crippen molar-refractivity contribution in [2.24, 2.45) is 10.5 Å². The summed E-state index contributed by atoms with van der Waals surface area (Å²) in [6.07, 6.45) is -0.685. The average Bonchev–Trinajstić information content (AvgIpc) is 2.87. The fourth-order valence-corrected chi connectivity index (χ4v) is 3.42. The molecular formula is C19H20F3N6+. The summed E-state index contributed by atoms with van der Waals surface area (Å²) < 4.78 is 42.9. The summed E-state index contributed by atoms with van der Waals surface area (Å²) in [7, 11) is 0. The van der Waals surface area contributed by atoms with Crippen LogP contribution in [0.25, 0.3) is 16.6 Å². The van der Waals surface area contributed by atoms with Gasteiger partial charge < -0.3 is 5.73 Å². The van der Waals surface area contributed by atoms with Crippen LogP contribution < -0.4 is 5.73 Å². The van der Waals surface area contributed by atoms with E-state index < -0.39 is 18.8 Å². The molecule has 0 spiro atoms. The van der Waals surface area contributed by atoms with Crippen molar-refractivity contribution in [3.8, 4) is 11.1 Å². The molecule has 0 saturated carbocycles. The highest BCUT2D eigenvalue weighted by Gasteiger charge is 2.32. The number of nitrogens with two attached hydrogens (primary N) is 1. The first-order valence-electron chi connectivity index (χ1n) is 8.87. The smallest absolute Gasteiger partial charge is 0.298 e. The zero-order valence-corrected chi connectivity index (χ0v) is 15.7. The van der Waals surface area contributed by atoms with Crippen LogP contribution >= 0.6 is 0 Å². The minimum atomic E-state index is -2.51. The van der Waals surface area contributed by atoms with Gasteiger partial charge in [-0.05, 0) is 23.5 Å². The monoisotopic (exact) mass is 389 g/mol. The van der Waals surface area contributed by atoms with Gasteiger partial charge in [-0.2, -0.15) is 0 Å². The Kier molecular flexibility index (Phi) is 4.13. The second-order valence-corrected chi connectivity index (χ2v) is 8.08. The van der Waals surface area contributed by atoms with Gasteiger partial charge in [0.25, 0.3) is 12.1 Å². The second kappa shape index (κ2) is 6.29. The lowest BCUT2D eigenvalue weighted by Crippen LogP contribution is -2.17. The number of rotatable bonds is 4. The van der Waals surface area contributed by atoms with E-state index in [0.29, 0.717) is 40.1 Å². The van der Waals surface area contributed by atoms with Gasteiger partial charge >= 0.3 is 0 Å². The zero-order valence-electron chi connectivity index (χ0n) is 15.7. The summed E-state index contributed by atoms with van der Waals surface area (Å²) in [5.41, 5.74) is 8.88. The van der Waals surface area contributed by atoms with Gasteiger partial charge in [0.05, 0.1) is 17.4 Å². The Morgan fingerprint density at radius 1 is 1.25 bits per heavy atom. The lowest BCUT2D eigenvalue weighted by atomic mass is 9.89. The summed E-state index contributed by atoms with van der Waals surface area (Å²) in [6.45, 7) is 5.66. The maximum atomic E-state index is 14.9. The molecular weight excluding hydrogens is 369 g/mol. The summed E-state index contributed by atoms with van der Waals surface area (Å²) in [5, 5.41) is 8.12. The van der Waals surface area contributed by atoms with Crippen molar-refractivity contribution >= 4 is 22.8 Å². The number of hydrogen-bond donors (Lipinski definition) is 1. The molecule has 0 fully saturated rings. The maximum Gasteiger partial charge on any atom is 0.298 e. The molecule has 1 aromatic carbocycles. The first-order valence-corrected chi connectivity index (χ1v) is 8.87. The highest BCUT2D eigenvalue weighted by Crippen LogP contribution is 2.42. The number of fused-ring (bicyclic) bond motifs is 2. The normalized spacial score (nSPS) is 13.6. The van der Waals surface area contributed by atoms with Crippen molar-refractivity contribution in [1.29, 1.82) is 0 Å². The molecule has 0 aliphatic carbocycles. The molecule has 3 heterocycles. The average molecular weight is 389 g/mol. The largest absolute Gasteiger partial charge is 0.367 e. The standard InChI is InChI=1S/C19H20F3N6/c1-19(2,3)7-13-17-16(11(20)8-28(17)26-18(23)24-13)10-4-5-12-14(6-10)27(25-12)9-15(21)22/h4-6,8,15H,7,9H2,1-3H3,(H2,23,24,26)/q+1.